The van der Waals surface area contributed by atoms with E-state index >= 15 is 4.79 Å². The summed E-state index contributed by atoms with van der Waals surface area (Å²) in [7, 11) is 0. The van der Waals surface area contributed by atoms with Crippen molar-refractivity contribution in [3.63, 3.8) is 0 Å². The van der Waals surface area contributed by atoms with Gasteiger partial charge in [0.05, 0.1) is 18.2 Å². The molecule has 1 saturated carbocycles. The second-order valence-corrected chi connectivity index (χ2v) is 20.6. The highest BCUT2D eigenvalue weighted by Crippen LogP contribution is 2.62. The molecule has 70 heavy (non-hydrogen) atoms. The third kappa shape index (κ3) is 13.1. The molecule has 1 amide bonds. The molecule has 6 unspecified atom stereocenters. The predicted molar refractivity (Wildman–Crippen MR) is 271 cm³/mol. The van der Waals surface area contributed by atoms with Crippen LogP contribution >= 0.6 is 0 Å². The maximum Gasteiger partial charge on any atom is 0.239 e. The molecular formula is C58H79FN2O9. The smallest absolute Gasteiger partial charge is 0.239 e. The van der Waals surface area contributed by atoms with Gasteiger partial charge < -0.3 is 43.6 Å². The minimum atomic E-state index is -1.43. The molecule has 0 saturated heterocycles. The van der Waals surface area contributed by atoms with Gasteiger partial charge in [0, 0.05) is 49.6 Å². The molecule has 382 valence electrons. The lowest BCUT2D eigenvalue weighted by atomic mass is 9.55. The number of carbonyl (C=O) groups excluding carboxylic acids is 1. The van der Waals surface area contributed by atoms with Crippen LogP contribution in [0.25, 0.3) is 0 Å². The molecule has 0 aromatic heterocycles. The van der Waals surface area contributed by atoms with Crippen LogP contribution in [0.4, 0.5) is 4.39 Å². The number of allylic oxidation sites excluding steroid dienone is 1. The molecule has 12 heteroatoms. The maximum atomic E-state index is 15.4. The molecule has 2 heterocycles. The summed E-state index contributed by atoms with van der Waals surface area (Å²) in [5.41, 5.74) is 3.34. The Kier molecular flexibility index (Phi) is 19.2. The van der Waals surface area contributed by atoms with Crippen molar-refractivity contribution in [2.24, 2.45) is 22.9 Å². The number of amides is 1. The number of aliphatic hydroxyl groups excluding tert-OH is 2. The normalized spacial score (nSPS) is 22.7. The molecular weight excluding hydrogens is 888 g/mol. The van der Waals surface area contributed by atoms with Gasteiger partial charge in [-0.05, 0) is 112 Å². The third-order valence-corrected chi connectivity index (χ3v) is 14.4. The second-order valence-electron chi connectivity index (χ2n) is 20.6. The number of rotatable bonds is 28. The van der Waals surface area contributed by atoms with Gasteiger partial charge in [0.15, 0.2) is 11.5 Å². The fraction of sp³-hybridized carbons (Fsp3) is 0.586. The van der Waals surface area contributed by atoms with E-state index in [1.54, 1.807) is 24.3 Å². The summed E-state index contributed by atoms with van der Waals surface area (Å²) < 4.78 is 47.6. The molecule has 6 atom stereocenters. The molecule has 2 aliphatic heterocycles. The average molecular weight is 967 g/mol. The van der Waals surface area contributed by atoms with Gasteiger partial charge in [0.25, 0.3) is 0 Å². The number of fused-ring (bicyclic) bond motifs is 3. The summed E-state index contributed by atoms with van der Waals surface area (Å²) in [6.07, 6.45) is 19.5. The van der Waals surface area contributed by atoms with Crippen LogP contribution in [0.15, 0.2) is 90.1 Å². The van der Waals surface area contributed by atoms with E-state index in [1.165, 1.54) is 38.2 Å². The number of unbranched alkanes of at least 4 members (excludes halogenated alkanes) is 10. The number of hydrogen-bond acceptors (Lipinski definition) is 10. The van der Waals surface area contributed by atoms with Crippen LogP contribution in [-0.4, -0.2) is 70.8 Å². The van der Waals surface area contributed by atoms with Crippen molar-refractivity contribution in [3.8, 4) is 23.0 Å². The number of carbonyl (C=O) groups is 1. The molecule has 0 bridgehead atoms. The third-order valence-electron chi connectivity index (χ3n) is 14.4. The minimum Gasteiger partial charge on any atom is -0.489 e. The molecule has 3 aromatic rings. The maximum absolute atomic E-state index is 15.4. The lowest BCUT2D eigenvalue weighted by Gasteiger charge is -2.60. The van der Waals surface area contributed by atoms with Crippen LogP contribution in [0.5, 0.6) is 23.0 Å². The van der Waals surface area contributed by atoms with Crippen LogP contribution in [0.3, 0.4) is 0 Å². The number of benzene rings is 3. The first-order chi connectivity index (χ1) is 34.0. The number of aliphatic hydroxyl groups is 2. The van der Waals surface area contributed by atoms with Crippen LogP contribution in [0, 0.1) is 23.6 Å². The monoisotopic (exact) mass is 967 g/mol. The van der Waals surface area contributed by atoms with Crippen LogP contribution in [-0.2, 0) is 27.5 Å². The lowest BCUT2D eigenvalue weighted by molar-refractivity contribution is -0.258. The topological polar surface area (TPSA) is 129 Å². The molecule has 7 rings (SSSR count). The van der Waals surface area contributed by atoms with Gasteiger partial charge in [-0.2, -0.15) is 0 Å². The summed E-state index contributed by atoms with van der Waals surface area (Å²) in [5, 5.41) is 25.1. The van der Waals surface area contributed by atoms with Crippen molar-refractivity contribution >= 4 is 11.6 Å². The van der Waals surface area contributed by atoms with Gasteiger partial charge in [-0.25, -0.2) is 4.39 Å². The van der Waals surface area contributed by atoms with E-state index in [-0.39, 0.29) is 75.7 Å². The Morgan fingerprint density at radius 2 is 1.60 bits per heavy atom. The highest BCUT2D eigenvalue weighted by Gasteiger charge is 2.65. The Hall–Kier alpha value is -4.91. The van der Waals surface area contributed by atoms with E-state index < -0.39 is 23.3 Å². The molecule has 1 fully saturated rings. The fourth-order valence-electron chi connectivity index (χ4n) is 11.0. The van der Waals surface area contributed by atoms with Gasteiger partial charge in [-0.3, -0.25) is 4.79 Å². The average Bonchev–Trinajstić information content (AvgIpc) is 3.83. The highest BCUT2D eigenvalue weighted by atomic mass is 19.1. The Morgan fingerprint density at radius 1 is 0.886 bits per heavy atom. The highest BCUT2D eigenvalue weighted by molar-refractivity contribution is 6.03. The first-order valence-electron chi connectivity index (χ1n) is 26.3. The number of oxime groups is 1. The molecule has 2 N–H and O–H groups in total. The Bertz CT molecular complexity index is 2240. The van der Waals surface area contributed by atoms with Crippen LogP contribution < -0.4 is 18.9 Å². The van der Waals surface area contributed by atoms with Crippen molar-refractivity contribution in [1.29, 1.82) is 0 Å². The van der Waals surface area contributed by atoms with Crippen LogP contribution in [0.1, 0.15) is 159 Å². The number of halogens is 1. The van der Waals surface area contributed by atoms with E-state index in [0.29, 0.717) is 47.8 Å². The lowest BCUT2D eigenvalue weighted by Crippen LogP contribution is -2.70. The quantitative estimate of drug-likeness (QED) is 0.0415. The molecule has 11 nitrogen and oxygen atoms in total. The van der Waals surface area contributed by atoms with Gasteiger partial charge >= 0.3 is 0 Å². The molecule has 4 aliphatic rings. The van der Waals surface area contributed by atoms with Crippen molar-refractivity contribution in [3.05, 3.63) is 107 Å². The minimum absolute atomic E-state index is 0.00395. The van der Waals surface area contributed by atoms with E-state index in [2.05, 4.69) is 19.6 Å². The summed E-state index contributed by atoms with van der Waals surface area (Å²) in [4.78, 5) is 23.7. The number of hydrogen-bond donors (Lipinski definition) is 2. The van der Waals surface area contributed by atoms with Crippen molar-refractivity contribution in [1.82, 2.24) is 4.90 Å². The molecule has 0 radical (unpaired) electrons. The zero-order valence-electron chi connectivity index (χ0n) is 42.3. The Morgan fingerprint density at radius 3 is 2.33 bits per heavy atom. The summed E-state index contributed by atoms with van der Waals surface area (Å²) in [6.45, 7) is 13.0. The molecule has 3 aromatic carbocycles. The first-order valence-corrected chi connectivity index (χ1v) is 26.3. The molecule has 0 spiro atoms. The molecule has 2 aliphatic carbocycles. The van der Waals surface area contributed by atoms with Gasteiger partial charge in [-0.1, -0.05) is 113 Å². The summed E-state index contributed by atoms with van der Waals surface area (Å²) in [5.74, 6) is 0.0831. The Balaban J connectivity index is 1.37. The fourth-order valence-corrected chi connectivity index (χ4v) is 11.0. The number of ether oxygens (including phenoxy) is 5. The van der Waals surface area contributed by atoms with E-state index in [4.69, 9.17) is 33.7 Å². The largest absolute Gasteiger partial charge is 0.489 e. The first kappa shape index (κ1) is 52.9. The Labute approximate surface area is 416 Å². The van der Waals surface area contributed by atoms with Crippen LogP contribution in [0.2, 0.25) is 0 Å². The standard InChI is InChI=1S/C58H79FN2O9/c1-6-8-9-10-11-12-13-14-15-26-54(64)61(38-41-27-29-51-52(34-41)67-40-66-51)53-37-49(60-70-57(3,4)5)46-35-42(22-18-20-31-62)45(24-19-21-32-63)55-47-36-44(65-39-43-23-16-17-25-48(43)59)28-30-50(47)69-58(53,56(46)55)68-33-7-2/h7,16-17,23,25,27-30,34-36,42,45,53,55-56,62-63H,2,6,8-15,18-22,24,26,31-33,37-40H2,1,3-5H3. The summed E-state index contributed by atoms with van der Waals surface area (Å²) >= 11 is 0. The predicted octanol–water partition coefficient (Wildman–Crippen LogP) is 12.5. The van der Waals surface area contributed by atoms with Gasteiger partial charge in [-0.15, -0.1) is 6.58 Å². The summed E-state index contributed by atoms with van der Waals surface area (Å²) in [6, 6.07) is 17.6. The number of nitrogens with zero attached hydrogens (tertiary/aromatic N) is 2. The van der Waals surface area contributed by atoms with Crippen molar-refractivity contribution < 1.29 is 47.9 Å². The second kappa shape index (κ2) is 25.5. The zero-order valence-corrected chi connectivity index (χ0v) is 42.3. The van der Waals surface area contributed by atoms with Gasteiger partial charge in [0.2, 0.25) is 18.5 Å². The van der Waals surface area contributed by atoms with Crippen molar-refractivity contribution in [2.45, 2.75) is 173 Å². The van der Waals surface area contributed by atoms with Crippen molar-refractivity contribution in [2.75, 3.05) is 26.6 Å². The van der Waals surface area contributed by atoms with E-state index in [9.17, 15) is 14.6 Å². The van der Waals surface area contributed by atoms with E-state index in [1.807, 2.05) is 62.1 Å². The SMILES string of the molecule is C=CCOC12Oc3ccc(OCc4ccccc4F)cc3C3C(CCCCO)C(CCCCO)C=C(C(=NOC(C)(C)C)CC1N(Cc1ccc4c(c1)OCO4)C(=O)CCCCCCCCCCC)C32. The van der Waals surface area contributed by atoms with Gasteiger partial charge in [0.1, 0.15) is 35.6 Å². The zero-order chi connectivity index (χ0) is 49.5. The van der Waals surface area contributed by atoms with E-state index in [0.717, 1.165) is 73.8 Å².